The molecule has 0 saturated carbocycles. The van der Waals surface area contributed by atoms with Gasteiger partial charge in [-0.15, -0.1) is 0 Å². The number of carbonyl (C=O) groups excluding carboxylic acids is 1. The van der Waals surface area contributed by atoms with E-state index in [2.05, 4.69) is 4.98 Å². The predicted molar refractivity (Wildman–Crippen MR) is 123 cm³/mol. The van der Waals surface area contributed by atoms with Crippen molar-refractivity contribution < 1.29 is 23.1 Å². The zero-order chi connectivity index (χ0) is 23.6. The minimum Gasteiger partial charge on any atom is -0.481 e. The molecular formula is C24H28N2O5S. The van der Waals surface area contributed by atoms with Crippen molar-refractivity contribution in [2.24, 2.45) is 0 Å². The zero-order valence-electron chi connectivity index (χ0n) is 18.8. The summed E-state index contributed by atoms with van der Waals surface area (Å²) >= 11 is 0. The summed E-state index contributed by atoms with van der Waals surface area (Å²) in [4.78, 5) is 29.6. The van der Waals surface area contributed by atoms with Crippen LogP contribution in [0, 0.1) is 6.92 Å². The average Bonchev–Trinajstić information content (AvgIpc) is 3.10. The molecule has 0 aliphatic carbocycles. The molecule has 3 heterocycles. The van der Waals surface area contributed by atoms with Crippen LogP contribution in [-0.2, 0) is 21.2 Å². The second kappa shape index (κ2) is 9.24. The maximum atomic E-state index is 13.6. The largest absolute Gasteiger partial charge is 0.481 e. The fourth-order valence-electron chi connectivity index (χ4n) is 4.33. The van der Waals surface area contributed by atoms with Gasteiger partial charge in [0.2, 0.25) is 0 Å². The molecule has 4 rings (SSSR count). The molecule has 1 aliphatic rings. The van der Waals surface area contributed by atoms with Gasteiger partial charge in [-0.25, -0.2) is 13.4 Å². The molecule has 7 nitrogen and oxygen atoms in total. The summed E-state index contributed by atoms with van der Waals surface area (Å²) < 4.78 is 26.9. The van der Waals surface area contributed by atoms with Crippen molar-refractivity contribution >= 4 is 32.6 Å². The molecule has 0 spiro atoms. The number of carboxylic acid groups (broad SMARTS) is 1. The molecule has 1 atom stereocenters. The maximum Gasteiger partial charge on any atom is 0.304 e. The van der Waals surface area contributed by atoms with Gasteiger partial charge in [0.25, 0.3) is 0 Å². The van der Waals surface area contributed by atoms with E-state index in [9.17, 15) is 23.1 Å². The SMILES string of the molecule is CC.Cc1ccc(C(=O)c2c3n(c4nccc(S(C)(=O)=O)c24)CCCC3CC(=O)O)cc1. The number of aliphatic carboxylic acids is 1. The normalized spacial score (nSPS) is 15.6. The molecule has 0 saturated heterocycles. The molecule has 1 aliphatic heterocycles. The number of sulfone groups is 1. The summed E-state index contributed by atoms with van der Waals surface area (Å²) in [5, 5.41) is 9.71. The molecule has 2 aromatic heterocycles. The number of ketones is 1. The molecule has 8 heteroatoms. The Morgan fingerprint density at radius 2 is 1.81 bits per heavy atom. The van der Waals surface area contributed by atoms with E-state index in [1.54, 1.807) is 12.1 Å². The number of carbonyl (C=O) groups is 2. The number of pyridine rings is 1. The van der Waals surface area contributed by atoms with Gasteiger partial charge in [0.1, 0.15) is 5.65 Å². The van der Waals surface area contributed by atoms with Crippen LogP contribution in [0.4, 0.5) is 0 Å². The van der Waals surface area contributed by atoms with Crippen LogP contribution in [0.2, 0.25) is 0 Å². The van der Waals surface area contributed by atoms with Crippen LogP contribution in [-0.4, -0.2) is 41.1 Å². The van der Waals surface area contributed by atoms with E-state index in [0.29, 0.717) is 29.9 Å². The molecule has 170 valence electrons. The first-order valence-corrected chi connectivity index (χ1v) is 12.6. The number of aromatic nitrogens is 2. The predicted octanol–water partition coefficient (Wildman–Crippen LogP) is 4.36. The van der Waals surface area contributed by atoms with E-state index >= 15 is 0 Å². The highest BCUT2D eigenvalue weighted by Gasteiger charge is 2.34. The van der Waals surface area contributed by atoms with E-state index in [-0.39, 0.29) is 34.0 Å². The van der Waals surface area contributed by atoms with Crippen molar-refractivity contribution in [2.75, 3.05) is 6.26 Å². The summed E-state index contributed by atoms with van der Waals surface area (Å²) in [6, 6.07) is 8.46. The van der Waals surface area contributed by atoms with Crippen molar-refractivity contribution in [1.82, 2.24) is 9.55 Å². The third-order valence-corrected chi connectivity index (χ3v) is 6.77. The molecule has 1 N–H and O–H groups in total. The van der Waals surface area contributed by atoms with Crippen molar-refractivity contribution in [2.45, 2.75) is 57.4 Å². The van der Waals surface area contributed by atoms with E-state index in [0.717, 1.165) is 18.2 Å². The highest BCUT2D eigenvalue weighted by molar-refractivity contribution is 7.91. The van der Waals surface area contributed by atoms with E-state index in [1.807, 2.05) is 37.5 Å². The highest BCUT2D eigenvalue weighted by Crippen LogP contribution is 2.41. The first-order valence-electron chi connectivity index (χ1n) is 10.7. The number of hydrogen-bond acceptors (Lipinski definition) is 5. The summed E-state index contributed by atoms with van der Waals surface area (Å²) in [7, 11) is -3.64. The monoisotopic (exact) mass is 456 g/mol. The fraction of sp³-hybridized carbons (Fsp3) is 0.375. The summed E-state index contributed by atoms with van der Waals surface area (Å²) in [5.41, 5.74) is 2.68. The van der Waals surface area contributed by atoms with Crippen molar-refractivity contribution in [3.8, 4) is 0 Å². The van der Waals surface area contributed by atoms with Crippen molar-refractivity contribution in [1.29, 1.82) is 0 Å². The standard InChI is InChI=1S/C22H22N2O5S.C2H6/c1-13-5-7-14(8-6-13)21(27)19-18-16(30(2,28)29)9-10-23-22(18)24-11-3-4-15(20(19)24)12-17(25)26;1-2/h5-10,15H,3-4,11-12H2,1-2H3,(H,25,26);1-2H3. The number of nitrogens with zero attached hydrogens (tertiary/aromatic N) is 2. The van der Waals surface area contributed by atoms with Gasteiger partial charge >= 0.3 is 5.97 Å². The number of aryl methyl sites for hydroxylation is 2. The van der Waals surface area contributed by atoms with Crippen LogP contribution < -0.4 is 0 Å². The number of carboxylic acids is 1. The van der Waals surface area contributed by atoms with Gasteiger partial charge in [0, 0.05) is 41.6 Å². The molecule has 1 unspecified atom stereocenters. The molecule has 3 aromatic rings. The van der Waals surface area contributed by atoms with Gasteiger partial charge in [-0.1, -0.05) is 43.7 Å². The lowest BCUT2D eigenvalue weighted by Gasteiger charge is -2.25. The lowest BCUT2D eigenvalue weighted by Crippen LogP contribution is -2.20. The minimum absolute atomic E-state index is 0.0407. The first kappa shape index (κ1) is 23.7. The molecule has 0 amide bonds. The Hall–Kier alpha value is -3.00. The lowest BCUT2D eigenvalue weighted by atomic mass is 9.87. The van der Waals surface area contributed by atoms with E-state index in [4.69, 9.17) is 0 Å². The fourth-order valence-corrected chi connectivity index (χ4v) is 5.20. The van der Waals surface area contributed by atoms with Crippen molar-refractivity contribution in [3.05, 3.63) is 58.9 Å². The molecule has 32 heavy (non-hydrogen) atoms. The Labute approximate surface area is 188 Å². The Morgan fingerprint density at radius 3 is 2.41 bits per heavy atom. The van der Waals surface area contributed by atoms with E-state index < -0.39 is 15.8 Å². The Balaban J connectivity index is 0.00000141. The number of rotatable bonds is 5. The third kappa shape index (κ3) is 4.32. The lowest BCUT2D eigenvalue weighted by molar-refractivity contribution is -0.137. The summed E-state index contributed by atoms with van der Waals surface area (Å²) in [6.07, 6.45) is 3.75. The van der Waals surface area contributed by atoms with Gasteiger partial charge in [0.15, 0.2) is 15.6 Å². The topological polar surface area (TPSA) is 106 Å². The van der Waals surface area contributed by atoms with Crippen LogP contribution in [0.25, 0.3) is 11.0 Å². The third-order valence-electron chi connectivity index (χ3n) is 5.63. The average molecular weight is 457 g/mol. The quantitative estimate of drug-likeness (QED) is 0.572. The Kier molecular flexibility index (Phi) is 6.83. The zero-order valence-corrected chi connectivity index (χ0v) is 19.6. The Bertz CT molecular complexity index is 1270. The van der Waals surface area contributed by atoms with Crippen LogP contribution in [0.3, 0.4) is 0 Å². The van der Waals surface area contributed by atoms with Crippen LogP contribution in [0.15, 0.2) is 41.4 Å². The van der Waals surface area contributed by atoms with Gasteiger partial charge < -0.3 is 9.67 Å². The van der Waals surface area contributed by atoms with Crippen LogP contribution in [0.1, 0.15) is 66.2 Å². The second-order valence-corrected chi connectivity index (χ2v) is 9.81. The molecule has 0 fully saturated rings. The first-order chi connectivity index (χ1) is 15.2. The second-order valence-electron chi connectivity index (χ2n) is 7.82. The molecule has 0 radical (unpaired) electrons. The number of hydrogen-bond donors (Lipinski definition) is 1. The van der Waals surface area contributed by atoms with Gasteiger partial charge in [-0.05, 0) is 25.8 Å². The molecule has 0 bridgehead atoms. The minimum atomic E-state index is -3.64. The summed E-state index contributed by atoms with van der Waals surface area (Å²) in [5.74, 6) is -1.66. The summed E-state index contributed by atoms with van der Waals surface area (Å²) in [6.45, 7) is 6.47. The number of benzene rings is 1. The maximum absolute atomic E-state index is 13.6. The van der Waals surface area contributed by atoms with Crippen LogP contribution in [0.5, 0.6) is 0 Å². The molecule has 1 aromatic carbocycles. The van der Waals surface area contributed by atoms with Gasteiger partial charge in [-0.3, -0.25) is 9.59 Å². The van der Waals surface area contributed by atoms with Gasteiger partial charge in [-0.2, -0.15) is 0 Å². The number of fused-ring (bicyclic) bond motifs is 3. The smallest absolute Gasteiger partial charge is 0.304 e. The molecular weight excluding hydrogens is 428 g/mol. The van der Waals surface area contributed by atoms with Crippen LogP contribution >= 0.6 is 0 Å². The van der Waals surface area contributed by atoms with Crippen molar-refractivity contribution in [3.63, 3.8) is 0 Å². The Morgan fingerprint density at radius 1 is 1.16 bits per heavy atom. The van der Waals surface area contributed by atoms with E-state index in [1.165, 1.54) is 12.3 Å². The van der Waals surface area contributed by atoms with Gasteiger partial charge in [0.05, 0.1) is 16.9 Å². The highest BCUT2D eigenvalue weighted by atomic mass is 32.2.